The van der Waals surface area contributed by atoms with E-state index in [1.54, 1.807) is 36.4 Å². The van der Waals surface area contributed by atoms with Crippen molar-refractivity contribution in [2.45, 2.75) is 19.6 Å². The van der Waals surface area contributed by atoms with Crippen LogP contribution in [0.2, 0.25) is 0 Å². The molecule has 3 rings (SSSR count). The van der Waals surface area contributed by atoms with Crippen molar-refractivity contribution < 1.29 is 22.8 Å². The Morgan fingerprint density at radius 1 is 1.20 bits per heavy atom. The highest BCUT2D eigenvalue weighted by atomic mass is 19.1. The predicted octanol–water partition coefficient (Wildman–Crippen LogP) is 4.42. The smallest absolute Gasteiger partial charge is 0.289 e. The molecule has 1 aromatic carbocycles. The molecule has 0 aliphatic rings. The van der Waals surface area contributed by atoms with Gasteiger partial charge in [0.15, 0.2) is 5.76 Å². The van der Waals surface area contributed by atoms with Crippen LogP contribution < -0.4 is 4.74 Å². The van der Waals surface area contributed by atoms with E-state index in [1.165, 1.54) is 24.3 Å². The molecule has 0 spiro atoms. The van der Waals surface area contributed by atoms with Crippen molar-refractivity contribution in [3.63, 3.8) is 0 Å². The zero-order chi connectivity index (χ0) is 17.8. The molecule has 0 unspecified atom stereocenters. The summed E-state index contributed by atoms with van der Waals surface area (Å²) in [7, 11) is 1.69. The number of halogens is 1. The van der Waals surface area contributed by atoms with Gasteiger partial charge in [0.2, 0.25) is 0 Å². The molecule has 0 aliphatic heterocycles. The normalized spacial score (nSPS) is 12.0. The molecule has 1 amide bonds. The van der Waals surface area contributed by atoms with Crippen LogP contribution in [0, 0.1) is 5.82 Å². The number of rotatable bonds is 6. The van der Waals surface area contributed by atoms with Gasteiger partial charge in [-0.3, -0.25) is 4.79 Å². The Morgan fingerprint density at radius 3 is 2.64 bits per heavy atom. The second kappa shape index (κ2) is 7.25. The van der Waals surface area contributed by atoms with Crippen molar-refractivity contribution >= 4 is 5.91 Å². The summed E-state index contributed by atoms with van der Waals surface area (Å²) < 4.78 is 29.3. The van der Waals surface area contributed by atoms with Crippen molar-refractivity contribution in [1.82, 2.24) is 4.90 Å². The number of carbonyl (C=O) groups excluding carboxylic acids is 1. The van der Waals surface area contributed by atoms with Gasteiger partial charge in [-0.2, -0.15) is 0 Å². The van der Waals surface area contributed by atoms with Crippen molar-refractivity contribution in [2.75, 3.05) is 7.05 Å². The number of nitrogens with zero attached hydrogens (tertiary/aromatic N) is 1. The Labute approximate surface area is 144 Å². The van der Waals surface area contributed by atoms with E-state index in [9.17, 15) is 9.18 Å². The Balaban J connectivity index is 1.62. The second-order valence-corrected chi connectivity index (χ2v) is 5.62. The minimum Gasteiger partial charge on any atom is -0.486 e. The zero-order valence-corrected chi connectivity index (χ0v) is 13.9. The van der Waals surface area contributed by atoms with Crippen molar-refractivity contribution in [3.05, 3.63) is 77.9 Å². The van der Waals surface area contributed by atoms with Crippen LogP contribution in [0.1, 0.15) is 35.0 Å². The fraction of sp³-hybridized carbons (Fsp3) is 0.211. The quantitative estimate of drug-likeness (QED) is 0.665. The van der Waals surface area contributed by atoms with E-state index in [0.29, 0.717) is 17.3 Å². The summed E-state index contributed by atoms with van der Waals surface area (Å²) in [6.07, 6.45) is 1.57. The van der Waals surface area contributed by atoms with Crippen molar-refractivity contribution in [3.8, 4) is 5.75 Å². The standard InChI is InChI=1S/C19H18FNO4/c1-13(17-4-3-11-23-17)21(2)19(22)18-10-9-16(25-18)12-24-15-7-5-14(20)6-8-15/h3-11,13H,12H2,1-2H3/t13-/m0/s1. The fourth-order valence-electron chi connectivity index (χ4n) is 2.33. The Hall–Kier alpha value is -3.02. The third-order valence-electron chi connectivity index (χ3n) is 3.92. The van der Waals surface area contributed by atoms with E-state index < -0.39 is 0 Å². The van der Waals surface area contributed by atoms with Crippen LogP contribution in [0.4, 0.5) is 4.39 Å². The topological polar surface area (TPSA) is 55.8 Å². The summed E-state index contributed by atoms with van der Waals surface area (Å²) in [6.45, 7) is 2.02. The molecule has 2 heterocycles. The third-order valence-corrected chi connectivity index (χ3v) is 3.92. The molecule has 0 aliphatic carbocycles. The molecular weight excluding hydrogens is 325 g/mol. The first kappa shape index (κ1) is 16.8. The van der Waals surface area contributed by atoms with Crippen LogP contribution in [-0.4, -0.2) is 17.9 Å². The molecule has 0 fully saturated rings. The molecule has 0 saturated heterocycles. The third kappa shape index (κ3) is 3.91. The van der Waals surface area contributed by atoms with Gasteiger partial charge in [-0.1, -0.05) is 0 Å². The number of ether oxygens (including phenoxy) is 1. The summed E-state index contributed by atoms with van der Waals surface area (Å²) >= 11 is 0. The highest BCUT2D eigenvalue weighted by molar-refractivity contribution is 5.91. The molecule has 3 aromatic rings. The number of amides is 1. The molecule has 0 saturated carbocycles. The Bertz CT molecular complexity index is 823. The monoisotopic (exact) mass is 343 g/mol. The maximum Gasteiger partial charge on any atom is 0.289 e. The van der Waals surface area contributed by atoms with E-state index in [1.807, 2.05) is 13.0 Å². The minimum absolute atomic E-state index is 0.149. The van der Waals surface area contributed by atoms with E-state index in [2.05, 4.69) is 0 Å². The highest BCUT2D eigenvalue weighted by Crippen LogP contribution is 2.22. The Morgan fingerprint density at radius 2 is 1.96 bits per heavy atom. The van der Waals surface area contributed by atoms with E-state index >= 15 is 0 Å². The molecule has 0 radical (unpaired) electrons. The van der Waals surface area contributed by atoms with Gasteiger partial charge in [-0.05, 0) is 55.5 Å². The molecule has 1 atom stereocenters. The highest BCUT2D eigenvalue weighted by Gasteiger charge is 2.23. The molecule has 2 aromatic heterocycles. The number of furan rings is 2. The summed E-state index contributed by atoms with van der Waals surface area (Å²) in [5.74, 6) is 1.37. The van der Waals surface area contributed by atoms with Gasteiger partial charge in [0, 0.05) is 7.05 Å². The van der Waals surface area contributed by atoms with Crippen LogP contribution in [0.5, 0.6) is 5.75 Å². The second-order valence-electron chi connectivity index (χ2n) is 5.62. The fourth-order valence-corrected chi connectivity index (χ4v) is 2.33. The first-order chi connectivity index (χ1) is 12.0. The lowest BCUT2D eigenvalue weighted by molar-refractivity contribution is 0.0690. The molecule has 0 bridgehead atoms. The SMILES string of the molecule is C[C@@H](c1ccco1)N(C)C(=O)c1ccc(COc2ccc(F)cc2)o1. The van der Waals surface area contributed by atoms with Gasteiger partial charge in [0.25, 0.3) is 5.91 Å². The minimum atomic E-state index is -0.327. The Kier molecular flexibility index (Phi) is 4.88. The zero-order valence-electron chi connectivity index (χ0n) is 13.9. The lowest BCUT2D eigenvalue weighted by atomic mass is 10.2. The predicted molar refractivity (Wildman–Crippen MR) is 88.7 cm³/mol. The summed E-state index contributed by atoms with van der Waals surface area (Å²) in [5, 5.41) is 0. The molecule has 6 heteroatoms. The maximum absolute atomic E-state index is 12.9. The summed E-state index contributed by atoms with van der Waals surface area (Å²) in [5.41, 5.74) is 0. The first-order valence-corrected chi connectivity index (χ1v) is 7.82. The first-order valence-electron chi connectivity index (χ1n) is 7.82. The van der Waals surface area contributed by atoms with E-state index in [4.69, 9.17) is 13.6 Å². The van der Waals surface area contributed by atoms with Crippen LogP contribution in [0.15, 0.2) is 63.6 Å². The number of benzene rings is 1. The van der Waals surface area contributed by atoms with Gasteiger partial charge < -0.3 is 18.5 Å². The van der Waals surface area contributed by atoms with Crippen LogP contribution in [-0.2, 0) is 6.61 Å². The van der Waals surface area contributed by atoms with Crippen LogP contribution in [0.3, 0.4) is 0 Å². The maximum atomic E-state index is 12.9. The van der Waals surface area contributed by atoms with Crippen molar-refractivity contribution in [2.24, 2.45) is 0 Å². The number of hydrogen-bond donors (Lipinski definition) is 0. The average Bonchev–Trinajstić information content (AvgIpc) is 3.31. The average molecular weight is 343 g/mol. The van der Waals surface area contributed by atoms with Crippen LogP contribution in [0.25, 0.3) is 0 Å². The van der Waals surface area contributed by atoms with E-state index in [0.717, 1.165) is 0 Å². The van der Waals surface area contributed by atoms with Crippen molar-refractivity contribution in [1.29, 1.82) is 0 Å². The van der Waals surface area contributed by atoms with Crippen LogP contribution >= 0.6 is 0 Å². The van der Waals surface area contributed by atoms with E-state index in [-0.39, 0.29) is 30.1 Å². The summed E-state index contributed by atoms with van der Waals surface area (Å²) in [6, 6.07) is 12.4. The van der Waals surface area contributed by atoms with Gasteiger partial charge in [-0.25, -0.2) is 4.39 Å². The molecule has 130 valence electrons. The molecular formula is C19H18FNO4. The molecule has 25 heavy (non-hydrogen) atoms. The molecule has 0 N–H and O–H groups in total. The summed E-state index contributed by atoms with van der Waals surface area (Å²) in [4.78, 5) is 14.1. The lowest BCUT2D eigenvalue weighted by Gasteiger charge is -2.22. The number of carbonyl (C=O) groups is 1. The van der Waals surface area contributed by atoms with Gasteiger partial charge in [0.1, 0.15) is 29.7 Å². The van der Waals surface area contributed by atoms with Gasteiger partial charge in [0.05, 0.1) is 12.3 Å². The lowest BCUT2D eigenvalue weighted by Crippen LogP contribution is -2.29. The molecule has 5 nitrogen and oxygen atoms in total. The van der Waals surface area contributed by atoms with Gasteiger partial charge >= 0.3 is 0 Å². The van der Waals surface area contributed by atoms with Gasteiger partial charge in [-0.15, -0.1) is 0 Å². The number of hydrogen-bond acceptors (Lipinski definition) is 4. The largest absolute Gasteiger partial charge is 0.486 e.